The second-order valence-corrected chi connectivity index (χ2v) is 10.7. The van der Waals surface area contributed by atoms with Gasteiger partial charge in [-0.15, -0.1) is 0 Å². The van der Waals surface area contributed by atoms with Crippen molar-refractivity contribution in [3.63, 3.8) is 0 Å². The Kier molecular flexibility index (Phi) is 4.59. The van der Waals surface area contributed by atoms with Gasteiger partial charge in [-0.05, 0) is 79.6 Å². The number of carbonyl (C=O) groups excluding carboxylic acids is 1. The van der Waals surface area contributed by atoms with Gasteiger partial charge in [0, 0.05) is 18.1 Å². The number of allylic oxidation sites excluding steroid dienone is 1. The van der Waals surface area contributed by atoms with Gasteiger partial charge in [-0.2, -0.15) is 12.6 Å². The van der Waals surface area contributed by atoms with Crippen molar-refractivity contribution in [2.24, 2.45) is 28.6 Å². The summed E-state index contributed by atoms with van der Waals surface area (Å²) < 4.78 is 0. The molecule has 2 N–H and O–H groups in total. The summed E-state index contributed by atoms with van der Waals surface area (Å²) in [5.41, 5.74) is 0.268. The molecule has 4 aliphatic rings. The molecule has 0 radical (unpaired) electrons. The number of aliphatic carboxylic acids is 1. The lowest BCUT2D eigenvalue weighted by Gasteiger charge is -2.60. The highest BCUT2D eigenvalue weighted by atomic mass is 32.1. The highest BCUT2D eigenvalue weighted by Gasteiger charge is 2.65. The van der Waals surface area contributed by atoms with Crippen LogP contribution < -0.4 is 0 Å². The maximum absolute atomic E-state index is 12.0. The van der Waals surface area contributed by atoms with Gasteiger partial charge in [0.15, 0.2) is 5.78 Å². The number of hydrogen-bond acceptors (Lipinski definition) is 4. The van der Waals surface area contributed by atoms with E-state index in [9.17, 15) is 14.7 Å². The molecule has 4 aliphatic carbocycles. The summed E-state index contributed by atoms with van der Waals surface area (Å²) in [5.74, 6) is 0.747. The van der Waals surface area contributed by atoms with Crippen LogP contribution in [0.5, 0.6) is 0 Å². The van der Waals surface area contributed by atoms with Crippen LogP contribution >= 0.6 is 12.6 Å². The minimum absolute atomic E-state index is 0.0317. The van der Waals surface area contributed by atoms with Crippen molar-refractivity contribution in [3.05, 3.63) is 11.6 Å². The third kappa shape index (κ3) is 2.75. The Hall–Kier alpha value is -0.810. The highest BCUT2D eigenvalue weighted by Crippen LogP contribution is 2.68. The standard InChI is InChI=1S/C22H32O4S/c1-20-7-3-14(23)11-13(20)12-17(27)19-15(20)4-8-21(2)16(19)5-9-22(21,26)10-6-18(24)25/h11,15-17,19,26-27H,3-10,12H2,1-2H3,(H,24,25)/t15-,16-,17+,19+,20-,21-,22-/m0/s1. The van der Waals surface area contributed by atoms with Crippen LogP contribution in [0.15, 0.2) is 11.6 Å². The quantitative estimate of drug-likeness (QED) is 0.634. The highest BCUT2D eigenvalue weighted by molar-refractivity contribution is 7.81. The zero-order valence-corrected chi connectivity index (χ0v) is 17.3. The number of aliphatic hydroxyl groups is 1. The molecular weight excluding hydrogens is 360 g/mol. The van der Waals surface area contributed by atoms with Gasteiger partial charge < -0.3 is 10.2 Å². The molecule has 5 heteroatoms. The van der Waals surface area contributed by atoms with Crippen LogP contribution in [-0.4, -0.2) is 32.8 Å². The molecular formula is C22H32O4S. The minimum atomic E-state index is -0.881. The van der Waals surface area contributed by atoms with Crippen molar-refractivity contribution >= 4 is 24.4 Å². The molecule has 4 rings (SSSR count). The van der Waals surface area contributed by atoms with Gasteiger partial charge in [0.05, 0.1) is 5.60 Å². The molecule has 0 aromatic heterocycles. The first kappa shape index (κ1) is 19.5. The van der Waals surface area contributed by atoms with Gasteiger partial charge >= 0.3 is 5.97 Å². The number of ketones is 1. The third-order valence-electron chi connectivity index (χ3n) is 9.06. The second kappa shape index (κ2) is 6.35. The van der Waals surface area contributed by atoms with Crippen LogP contribution in [0, 0.1) is 28.6 Å². The van der Waals surface area contributed by atoms with E-state index in [1.54, 1.807) is 0 Å². The monoisotopic (exact) mass is 392 g/mol. The van der Waals surface area contributed by atoms with E-state index < -0.39 is 11.6 Å². The number of rotatable bonds is 3. The number of hydrogen-bond donors (Lipinski definition) is 3. The Bertz CT molecular complexity index is 702. The summed E-state index contributed by atoms with van der Waals surface area (Å²) in [6.07, 6.45) is 8.35. The fraction of sp³-hybridized carbons (Fsp3) is 0.818. The van der Waals surface area contributed by atoms with E-state index in [1.807, 2.05) is 6.08 Å². The van der Waals surface area contributed by atoms with E-state index in [0.717, 1.165) is 32.1 Å². The van der Waals surface area contributed by atoms with E-state index in [4.69, 9.17) is 17.7 Å². The fourth-order valence-corrected chi connectivity index (χ4v) is 7.97. The van der Waals surface area contributed by atoms with Crippen molar-refractivity contribution in [2.45, 2.75) is 82.5 Å². The molecule has 0 heterocycles. The molecule has 0 unspecified atom stereocenters. The van der Waals surface area contributed by atoms with E-state index in [1.165, 1.54) is 5.57 Å². The predicted octanol–water partition coefficient (Wildman–Crippen LogP) is 4.02. The number of fused-ring (bicyclic) bond motifs is 5. The first-order chi connectivity index (χ1) is 12.6. The summed E-state index contributed by atoms with van der Waals surface area (Å²) in [6, 6.07) is 0. The van der Waals surface area contributed by atoms with Crippen molar-refractivity contribution in [2.75, 3.05) is 0 Å². The molecule has 0 amide bonds. The Balaban J connectivity index is 1.66. The molecule has 4 nitrogen and oxygen atoms in total. The first-order valence-electron chi connectivity index (χ1n) is 10.5. The van der Waals surface area contributed by atoms with Crippen molar-refractivity contribution in [1.82, 2.24) is 0 Å². The van der Waals surface area contributed by atoms with E-state index >= 15 is 0 Å². The van der Waals surface area contributed by atoms with Crippen LogP contribution in [0.1, 0.15) is 71.6 Å². The van der Waals surface area contributed by atoms with E-state index in [0.29, 0.717) is 37.0 Å². The van der Waals surface area contributed by atoms with Gasteiger partial charge in [0.2, 0.25) is 0 Å². The zero-order chi connectivity index (χ0) is 19.6. The Morgan fingerprint density at radius 2 is 1.93 bits per heavy atom. The topological polar surface area (TPSA) is 74.6 Å². The largest absolute Gasteiger partial charge is 0.481 e. The molecule has 0 saturated heterocycles. The molecule has 0 bridgehead atoms. The van der Waals surface area contributed by atoms with Gasteiger partial charge in [-0.1, -0.05) is 19.4 Å². The van der Waals surface area contributed by atoms with E-state index in [2.05, 4.69) is 13.8 Å². The SMILES string of the molecule is C[C@]12CCC(=O)C=C1C[C@@H](S)[C@@H]1[C@@H]2CC[C@@]2(C)[C@H]1CC[C@]2(O)CCC(=O)O. The van der Waals surface area contributed by atoms with Crippen LogP contribution in [0.2, 0.25) is 0 Å². The number of carboxylic acids is 1. The fourth-order valence-electron chi connectivity index (χ4n) is 7.36. The Morgan fingerprint density at radius 1 is 1.22 bits per heavy atom. The van der Waals surface area contributed by atoms with Gasteiger partial charge in [0.1, 0.15) is 0 Å². The van der Waals surface area contributed by atoms with Gasteiger partial charge in [0.25, 0.3) is 0 Å². The molecule has 0 aliphatic heterocycles. The smallest absolute Gasteiger partial charge is 0.303 e. The minimum Gasteiger partial charge on any atom is -0.481 e. The van der Waals surface area contributed by atoms with Crippen LogP contribution in [0.25, 0.3) is 0 Å². The van der Waals surface area contributed by atoms with E-state index in [-0.39, 0.29) is 28.3 Å². The Morgan fingerprint density at radius 3 is 2.63 bits per heavy atom. The molecule has 27 heavy (non-hydrogen) atoms. The van der Waals surface area contributed by atoms with Crippen molar-refractivity contribution in [3.8, 4) is 0 Å². The predicted molar refractivity (Wildman–Crippen MR) is 107 cm³/mol. The summed E-state index contributed by atoms with van der Waals surface area (Å²) in [7, 11) is 0. The molecule has 0 aromatic rings. The normalized spacial score (nSPS) is 49.0. The zero-order valence-electron chi connectivity index (χ0n) is 16.4. The number of thiol groups is 1. The molecule has 3 saturated carbocycles. The summed E-state index contributed by atoms with van der Waals surface area (Å²) in [6.45, 7) is 4.54. The number of carboxylic acid groups (broad SMARTS) is 1. The van der Waals surface area contributed by atoms with Crippen LogP contribution in [0.3, 0.4) is 0 Å². The van der Waals surface area contributed by atoms with Crippen LogP contribution in [-0.2, 0) is 9.59 Å². The van der Waals surface area contributed by atoms with Gasteiger partial charge in [-0.3, -0.25) is 9.59 Å². The summed E-state index contributed by atoms with van der Waals surface area (Å²) >= 11 is 5.00. The molecule has 3 fully saturated rings. The maximum Gasteiger partial charge on any atom is 0.303 e. The van der Waals surface area contributed by atoms with Crippen molar-refractivity contribution < 1.29 is 19.8 Å². The molecule has 150 valence electrons. The van der Waals surface area contributed by atoms with Gasteiger partial charge in [-0.25, -0.2) is 0 Å². The molecule has 7 atom stereocenters. The third-order valence-corrected chi connectivity index (χ3v) is 9.58. The lowest BCUT2D eigenvalue weighted by atomic mass is 9.46. The average molecular weight is 393 g/mol. The summed E-state index contributed by atoms with van der Waals surface area (Å²) in [5, 5.41) is 20.8. The Labute approximate surface area is 167 Å². The maximum atomic E-state index is 12.0. The van der Waals surface area contributed by atoms with Crippen LogP contribution in [0.4, 0.5) is 0 Å². The molecule has 0 spiro atoms. The lowest BCUT2D eigenvalue weighted by Crippen LogP contribution is -2.57. The van der Waals surface area contributed by atoms with Crippen molar-refractivity contribution in [1.29, 1.82) is 0 Å². The summed E-state index contributed by atoms with van der Waals surface area (Å²) in [4.78, 5) is 23.1. The molecule has 0 aromatic carbocycles. The first-order valence-corrected chi connectivity index (χ1v) is 11.0. The lowest BCUT2D eigenvalue weighted by molar-refractivity contribution is -0.146. The number of carbonyl (C=O) groups is 2. The second-order valence-electron chi connectivity index (χ2n) is 10.0. The average Bonchev–Trinajstić information content (AvgIpc) is 2.87.